The van der Waals surface area contributed by atoms with Gasteiger partial charge in [0.05, 0.1) is 12.7 Å². The van der Waals surface area contributed by atoms with E-state index >= 15 is 4.39 Å². The molecule has 1 saturated carbocycles. The summed E-state index contributed by atoms with van der Waals surface area (Å²) in [6, 6.07) is 14.9. The summed E-state index contributed by atoms with van der Waals surface area (Å²) < 4.78 is 56.0. The fourth-order valence-corrected chi connectivity index (χ4v) is 5.51. The number of unbranched alkanes of at least 4 members (excludes halogenated alkanes) is 1. The highest BCUT2D eigenvalue weighted by Crippen LogP contribution is 2.39. The summed E-state index contributed by atoms with van der Waals surface area (Å²) in [6.45, 7) is 6.10. The Bertz CT molecular complexity index is 1250. The van der Waals surface area contributed by atoms with Crippen LogP contribution in [0, 0.1) is 23.4 Å². The summed E-state index contributed by atoms with van der Waals surface area (Å²) in [5, 5.41) is 10.3. The van der Waals surface area contributed by atoms with Crippen LogP contribution < -0.4 is 9.47 Å². The van der Waals surface area contributed by atoms with E-state index < -0.39 is 17.5 Å². The van der Waals surface area contributed by atoms with Crippen LogP contribution in [0.15, 0.2) is 67.3 Å². The molecule has 3 nitrogen and oxygen atoms in total. The molecule has 40 heavy (non-hydrogen) atoms. The van der Waals surface area contributed by atoms with E-state index in [2.05, 4.69) is 13.5 Å². The second-order valence-electron chi connectivity index (χ2n) is 10.6. The molecule has 214 valence electrons. The molecule has 0 radical (unpaired) electrons. The lowest BCUT2D eigenvalue weighted by Crippen LogP contribution is -2.25. The summed E-state index contributed by atoms with van der Waals surface area (Å²) in [6.07, 6.45) is 8.04. The maximum atomic E-state index is 15.0. The lowest BCUT2D eigenvalue weighted by Gasteiger charge is -2.32. The highest BCUT2D eigenvalue weighted by molar-refractivity contribution is 5.65. The number of aliphatic hydroxyl groups is 1. The lowest BCUT2D eigenvalue weighted by atomic mass is 9.76. The smallest absolute Gasteiger partial charge is 0.165 e. The quantitative estimate of drug-likeness (QED) is 0.170. The maximum absolute atomic E-state index is 15.0. The van der Waals surface area contributed by atoms with Crippen LogP contribution in [0.5, 0.6) is 11.5 Å². The lowest BCUT2D eigenvalue weighted by molar-refractivity contribution is 0.0727. The summed E-state index contributed by atoms with van der Waals surface area (Å²) in [4.78, 5) is 0. The van der Waals surface area contributed by atoms with E-state index in [1.54, 1.807) is 48.5 Å². The number of ether oxygens (including phenoxy) is 2. The van der Waals surface area contributed by atoms with Crippen LogP contribution in [0.25, 0.3) is 11.1 Å². The number of halogens is 3. The number of hydrogen-bond donors (Lipinski definition) is 1. The predicted octanol–water partition coefficient (Wildman–Crippen LogP) is 9.13. The van der Waals surface area contributed by atoms with Gasteiger partial charge in [-0.15, -0.1) is 6.58 Å². The zero-order chi connectivity index (χ0) is 28.5. The molecule has 0 saturated heterocycles. The Hall–Kier alpha value is -3.25. The molecule has 0 spiro atoms. The highest BCUT2D eigenvalue weighted by atomic mass is 19.2. The van der Waals surface area contributed by atoms with Crippen molar-refractivity contribution in [2.75, 3.05) is 6.61 Å². The molecule has 6 heteroatoms. The van der Waals surface area contributed by atoms with Gasteiger partial charge in [-0.05, 0) is 92.2 Å². The normalized spacial score (nSPS) is 17.8. The first-order valence-corrected chi connectivity index (χ1v) is 14.3. The molecule has 4 rings (SSSR count). The fourth-order valence-electron chi connectivity index (χ4n) is 5.51. The van der Waals surface area contributed by atoms with Gasteiger partial charge in [-0.2, -0.15) is 0 Å². The molecule has 1 atom stereocenters. The van der Waals surface area contributed by atoms with Crippen molar-refractivity contribution in [3.05, 3.63) is 95.8 Å². The molecule has 0 bridgehead atoms. The Kier molecular flexibility index (Phi) is 10.7. The molecular weight excluding hydrogens is 513 g/mol. The Morgan fingerprint density at radius 3 is 2.33 bits per heavy atom. The summed E-state index contributed by atoms with van der Waals surface area (Å²) in [5.41, 5.74) is 1.65. The molecule has 3 aromatic rings. The van der Waals surface area contributed by atoms with Crippen molar-refractivity contribution in [2.45, 2.75) is 76.9 Å². The zero-order valence-electron chi connectivity index (χ0n) is 23.2. The van der Waals surface area contributed by atoms with Crippen molar-refractivity contribution in [1.29, 1.82) is 0 Å². The van der Waals surface area contributed by atoms with E-state index in [9.17, 15) is 13.9 Å². The van der Waals surface area contributed by atoms with Gasteiger partial charge in [0.25, 0.3) is 0 Å². The SMILES string of the molecule is C=CCCCOc1ccc(-c2ccc(OCc3ccc(C4CCC(C(O)CCC)CC4)c(F)c3F)cc2)c(F)c1. The third-order valence-corrected chi connectivity index (χ3v) is 7.85. The molecule has 1 aliphatic carbocycles. The third-order valence-electron chi connectivity index (χ3n) is 7.85. The van der Waals surface area contributed by atoms with Crippen LogP contribution in [0.3, 0.4) is 0 Å². The van der Waals surface area contributed by atoms with Crippen LogP contribution in [0.2, 0.25) is 0 Å². The Morgan fingerprint density at radius 1 is 0.925 bits per heavy atom. The first-order chi connectivity index (χ1) is 19.4. The topological polar surface area (TPSA) is 38.7 Å². The minimum Gasteiger partial charge on any atom is -0.493 e. The Morgan fingerprint density at radius 2 is 1.65 bits per heavy atom. The average molecular weight is 553 g/mol. The van der Waals surface area contributed by atoms with Crippen LogP contribution in [-0.2, 0) is 6.61 Å². The molecule has 0 amide bonds. The first kappa shape index (κ1) is 29.7. The third kappa shape index (κ3) is 7.48. The van der Waals surface area contributed by atoms with Gasteiger partial charge in [0.2, 0.25) is 0 Å². The molecule has 1 unspecified atom stereocenters. The molecular formula is C34H39F3O3. The van der Waals surface area contributed by atoms with Crippen molar-refractivity contribution in [3.63, 3.8) is 0 Å². The average Bonchev–Trinajstić information content (AvgIpc) is 2.97. The number of benzene rings is 3. The number of hydrogen-bond acceptors (Lipinski definition) is 3. The van der Waals surface area contributed by atoms with E-state index in [1.807, 2.05) is 6.08 Å². The van der Waals surface area contributed by atoms with E-state index in [0.29, 0.717) is 34.8 Å². The molecule has 1 aliphatic rings. The maximum Gasteiger partial charge on any atom is 0.165 e. The van der Waals surface area contributed by atoms with Crippen molar-refractivity contribution in [2.24, 2.45) is 5.92 Å². The van der Waals surface area contributed by atoms with Gasteiger partial charge in [-0.3, -0.25) is 0 Å². The van der Waals surface area contributed by atoms with Crippen LogP contribution in [-0.4, -0.2) is 17.8 Å². The number of aliphatic hydroxyl groups excluding tert-OH is 1. The van der Waals surface area contributed by atoms with Gasteiger partial charge in [-0.1, -0.05) is 43.7 Å². The summed E-state index contributed by atoms with van der Waals surface area (Å²) in [5.74, 6) is -0.930. The molecule has 0 aromatic heterocycles. The molecule has 0 heterocycles. The minimum atomic E-state index is -0.879. The standard InChI is InChI=1S/C34H39F3O3/c1-3-5-6-20-39-28-17-19-29(31(35)21-28)23-12-15-27(16-13-23)40-22-26-14-18-30(34(37)33(26)36)24-8-10-25(11-9-24)32(38)7-4-2/h3,12-19,21,24-25,32,38H,1,4-11,20,22H2,2H3. The molecule has 3 aromatic carbocycles. The highest BCUT2D eigenvalue weighted by Gasteiger charge is 2.29. The van der Waals surface area contributed by atoms with E-state index in [-0.39, 0.29) is 30.1 Å². The fraction of sp³-hybridized carbons (Fsp3) is 0.412. The Balaban J connectivity index is 1.33. The number of allylic oxidation sites excluding steroid dienone is 1. The van der Waals surface area contributed by atoms with Crippen LogP contribution in [0.4, 0.5) is 13.2 Å². The largest absolute Gasteiger partial charge is 0.493 e. The van der Waals surface area contributed by atoms with Crippen LogP contribution in [0.1, 0.15) is 75.3 Å². The van der Waals surface area contributed by atoms with Gasteiger partial charge < -0.3 is 14.6 Å². The second kappa shape index (κ2) is 14.4. The van der Waals surface area contributed by atoms with Crippen LogP contribution >= 0.6 is 0 Å². The van der Waals surface area contributed by atoms with E-state index in [0.717, 1.165) is 51.4 Å². The molecule has 1 fully saturated rings. The van der Waals surface area contributed by atoms with Gasteiger partial charge in [0, 0.05) is 17.2 Å². The monoisotopic (exact) mass is 552 g/mol. The van der Waals surface area contributed by atoms with Crippen molar-refractivity contribution < 1.29 is 27.8 Å². The van der Waals surface area contributed by atoms with Gasteiger partial charge >= 0.3 is 0 Å². The summed E-state index contributed by atoms with van der Waals surface area (Å²) in [7, 11) is 0. The van der Waals surface area contributed by atoms with Crippen molar-refractivity contribution in [1.82, 2.24) is 0 Å². The summed E-state index contributed by atoms with van der Waals surface area (Å²) >= 11 is 0. The van der Waals surface area contributed by atoms with E-state index in [1.165, 1.54) is 6.07 Å². The van der Waals surface area contributed by atoms with Gasteiger partial charge in [0.15, 0.2) is 11.6 Å². The van der Waals surface area contributed by atoms with E-state index in [4.69, 9.17) is 9.47 Å². The second-order valence-corrected chi connectivity index (χ2v) is 10.6. The molecule has 0 aliphatic heterocycles. The van der Waals surface area contributed by atoms with Crippen molar-refractivity contribution >= 4 is 0 Å². The predicted molar refractivity (Wildman–Crippen MR) is 153 cm³/mol. The number of rotatable bonds is 13. The molecule has 1 N–H and O–H groups in total. The first-order valence-electron chi connectivity index (χ1n) is 14.3. The Labute approximate surface area is 235 Å². The zero-order valence-corrected chi connectivity index (χ0v) is 23.2. The van der Waals surface area contributed by atoms with Gasteiger partial charge in [0.1, 0.15) is 23.9 Å². The van der Waals surface area contributed by atoms with Crippen molar-refractivity contribution in [3.8, 4) is 22.6 Å². The van der Waals surface area contributed by atoms with Gasteiger partial charge in [-0.25, -0.2) is 13.2 Å². The minimum absolute atomic E-state index is 0.0413.